The molecule has 0 aliphatic carbocycles. The zero-order chi connectivity index (χ0) is 13.9. The Kier molecular flexibility index (Phi) is 3.96. The van der Waals surface area contributed by atoms with E-state index in [0.29, 0.717) is 5.82 Å². The summed E-state index contributed by atoms with van der Waals surface area (Å²) in [6, 6.07) is 5.25. The maximum atomic E-state index is 12.1. The normalized spacial score (nSPS) is 13.4. The van der Waals surface area contributed by atoms with Gasteiger partial charge in [0.15, 0.2) is 5.82 Å². The minimum Gasteiger partial charge on any atom is -0.237 e. The van der Waals surface area contributed by atoms with Gasteiger partial charge in [0.25, 0.3) is 0 Å². The van der Waals surface area contributed by atoms with Crippen molar-refractivity contribution in [1.29, 1.82) is 0 Å². The highest BCUT2D eigenvalue weighted by molar-refractivity contribution is 7.89. The lowest BCUT2D eigenvalue weighted by atomic mass is 10.3. The van der Waals surface area contributed by atoms with Crippen LogP contribution in [0.3, 0.4) is 0 Å². The van der Waals surface area contributed by atoms with Crippen LogP contribution in [0.1, 0.15) is 20.3 Å². The van der Waals surface area contributed by atoms with Crippen molar-refractivity contribution in [2.75, 3.05) is 0 Å². The van der Waals surface area contributed by atoms with Crippen LogP contribution in [0, 0.1) is 0 Å². The molecule has 0 radical (unpaired) electrons. The predicted octanol–water partition coefficient (Wildman–Crippen LogP) is 1.34. The Bertz CT molecular complexity index is 637. The first kappa shape index (κ1) is 13.7. The van der Waals surface area contributed by atoms with E-state index in [1.807, 2.05) is 19.9 Å². The van der Waals surface area contributed by atoms with Crippen LogP contribution in [0.15, 0.2) is 41.7 Å². The summed E-state index contributed by atoms with van der Waals surface area (Å²) in [4.78, 5) is 4.24. The quantitative estimate of drug-likeness (QED) is 0.896. The van der Waals surface area contributed by atoms with Crippen molar-refractivity contribution in [1.82, 2.24) is 19.5 Å². The van der Waals surface area contributed by atoms with Crippen LogP contribution in [0.2, 0.25) is 0 Å². The number of nitrogens with zero attached hydrogens (tertiary/aromatic N) is 3. The molecule has 2 rings (SSSR count). The molecule has 1 atom stereocenters. The molecular formula is C12H16N4O2S. The zero-order valence-corrected chi connectivity index (χ0v) is 11.6. The second-order valence-electron chi connectivity index (χ2n) is 4.24. The second kappa shape index (κ2) is 5.50. The van der Waals surface area contributed by atoms with E-state index in [1.54, 1.807) is 18.3 Å². The SMILES string of the molecule is CC[C@@H](C)NS(=O)(=O)c1cnn(-c2ccccn2)c1. The average molecular weight is 280 g/mol. The molecule has 0 fully saturated rings. The molecule has 19 heavy (non-hydrogen) atoms. The summed E-state index contributed by atoms with van der Waals surface area (Å²) in [5.74, 6) is 0.576. The van der Waals surface area contributed by atoms with Crippen LogP contribution >= 0.6 is 0 Å². The van der Waals surface area contributed by atoms with Crippen LogP contribution in [-0.4, -0.2) is 29.2 Å². The zero-order valence-electron chi connectivity index (χ0n) is 10.8. The van der Waals surface area contributed by atoms with Gasteiger partial charge in [0, 0.05) is 12.2 Å². The minimum atomic E-state index is -3.52. The fourth-order valence-corrected chi connectivity index (χ4v) is 2.73. The van der Waals surface area contributed by atoms with Gasteiger partial charge in [-0.25, -0.2) is 22.8 Å². The number of pyridine rings is 1. The Hall–Kier alpha value is -1.73. The van der Waals surface area contributed by atoms with E-state index >= 15 is 0 Å². The molecule has 0 saturated carbocycles. The third-order valence-electron chi connectivity index (χ3n) is 2.72. The molecule has 0 spiro atoms. The molecule has 2 aromatic rings. The molecule has 1 N–H and O–H groups in total. The third kappa shape index (κ3) is 3.18. The molecule has 2 aromatic heterocycles. The van der Waals surface area contributed by atoms with Gasteiger partial charge in [0.1, 0.15) is 4.90 Å². The third-order valence-corrected chi connectivity index (χ3v) is 4.27. The molecule has 0 bridgehead atoms. The number of rotatable bonds is 5. The first-order valence-electron chi connectivity index (χ1n) is 6.01. The summed E-state index contributed by atoms with van der Waals surface area (Å²) >= 11 is 0. The predicted molar refractivity (Wildman–Crippen MR) is 71.4 cm³/mol. The summed E-state index contributed by atoms with van der Waals surface area (Å²) in [5.41, 5.74) is 0. The van der Waals surface area contributed by atoms with Crippen LogP contribution in [-0.2, 0) is 10.0 Å². The van der Waals surface area contributed by atoms with Crippen molar-refractivity contribution < 1.29 is 8.42 Å². The molecule has 0 amide bonds. The first-order valence-corrected chi connectivity index (χ1v) is 7.49. The molecule has 0 aliphatic rings. The average Bonchev–Trinajstić information content (AvgIpc) is 2.89. The Labute approximate surface area is 112 Å². The highest BCUT2D eigenvalue weighted by Crippen LogP contribution is 2.11. The van der Waals surface area contributed by atoms with Gasteiger partial charge in [-0.3, -0.25) is 0 Å². The lowest BCUT2D eigenvalue weighted by molar-refractivity contribution is 0.556. The van der Waals surface area contributed by atoms with Crippen molar-refractivity contribution in [3.63, 3.8) is 0 Å². The Balaban J connectivity index is 2.27. The Morgan fingerprint density at radius 3 is 2.84 bits per heavy atom. The summed E-state index contributed by atoms with van der Waals surface area (Å²) < 4.78 is 28.1. The van der Waals surface area contributed by atoms with E-state index in [9.17, 15) is 8.42 Å². The fourth-order valence-electron chi connectivity index (χ4n) is 1.48. The number of hydrogen-bond acceptors (Lipinski definition) is 4. The Morgan fingerprint density at radius 1 is 1.42 bits per heavy atom. The van der Waals surface area contributed by atoms with Crippen molar-refractivity contribution >= 4 is 10.0 Å². The maximum absolute atomic E-state index is 12.1. The van der Waals surface area contributed by atoms with E-state index in [1.165, 1.54) is 17.1 Å². The van der Waals surface area contributed by atoms with Gasteiger partial charge >= 0.3 is 0 Å². The van der Waals surface area contributed by atoms with Crippen molar-refractivity contribution in [3.8, 4) is 5.82 Å². The highest BCUT2D eigenvalue weighted by Gasteiger charge is 2.18. The van der Waals surface area contributed by atoms with Crippen LogP contribution in [0.4, 0.5) is 0 Å². The monoisotopic (exact) mass is 280 g/mol. The Morgan fingerprint density at radius 2 is 2.21 bits per heavy atom. The first-order chi connectivity index (χ1) is 9.03. The number of sulfonamides is 1. The molecule has 0 aromatic carbocycles. The van der Waals surface area contributed by atoms with E-state index in [4.69, 9.17) is 0 Å². The molecular weight excluding hydrogens is 264 g/mol. The molecule has 0 unspecified atom stereocenters. The molecule has 2 heterocycles. The van der Waals surface area contributed by atoms with Gasteiger partial charge in [0.2, 0.25) is 10.0 Å². The number of hydrogen-bond donors (Lipinski definition) is 1. The van der Waals surface area contributed by atoms with Crippen LogP contribution in [0.5, 0.6) is 0 Å². The summed E-state index contributed by atoms with van der Waals surface area (Å²) in [6.07, 6.45) is 5.13. The summed E-state index contributed by atoms with van der Waals surface area (Å²) in [5, 5.41) is 4.02. The van der Waals surface area contributed by atoms with Crippen LogP contribution < -0.4 is 4.72 Å². The van der Waals surface area contributed by atoms with E-state index in [0.717, 1.165) is 6.42 Å². The topological polar surface area (TPSA) is 76.9 Å². The molecule has 0 aliphatic heterocycles. The summed E-state index contributed by atoms with van der Waals surface area (Å²) in [6.45, 7) is 3.74. The highest BCUT2D eigenvalue weighted by atomic mass is 32.2. The van der Waals surface area contributed by atoms with Crippen molar-refractivity contribution in [3.05, 3.63) is 36.8 Å². The van der Waals surface area contributed by atoms with E-state index < -0.39 is 10.0 Å². The fraction of sp³-hybridized carbons (Fsp3) is 0.333. The van der Waals surface area contributed by atoms with Crippen LogP contribution in [0.25, 0.3) is 5.82 Å². The minimum absolute atomic E-state index is 0.108. The van der Waals surface area contributed by atoms with Crippen molar-refractivity contribution in [2.45, 2.75) is 31.2 Å². The number of aromatic nitrogens is 3. The van der Waals surface area contributed by atoms with Crippen molar-refractivity contribution in [2.24, 2.45) is 0 Å². The molecule has 7 heteroatoms. The van der Waals surface area contributed by atoms with Gasteiger partial charge in [-0.2, -0.15) is 5.10 Å². The second-order valence-corrected chi connectivity index (χ2v) is 5.95. The van der Waals surface area contributed by atoms with Gasteiger partial charge in [-0.1, -0.05) is 13.0 Å². The van der Waals surface area contributed by atoms with E-state index in [2.05, 4.69) is 14.8 Å². The molecule has 0 saturated heterocycles. The van der Waals surface area contributed by atoms with Gasteiger partial charge < -0.3 is 0 Å². The van der Waals surface area contributed by atoms with Gasteiger partial charge in [-0.15, -0.1) is 0 Å². The lowest BCUT2D eigenvalue weighted by Crippen LogP contribution is -2.31. The summed E-state index contributed by atoms with van der Waals surface area (Å²) in [7, 11) is -3.52. The van der Waals surface area contributed by atoms with E-state index in [-0.39, 0.29) is 10.9 Å². The smallest absolute Gasteiger partial charge is 0.237 e. The maximum Gasteiger partial charge on any atom is 0.243 e. The van der Waals surface area contributed by atoms with Gasteiger partial charge in [0.05, 0.1) is 12.4 Å². The number of nitrogens with one attached hydrogen (secondary N) is 1. The molecule has 6 nitrogen and oxygen atoms in total. The standard InChI is InChI=1S/C12H16N4O2S/c1-3-10(2)15-19(17,18)11-8-14-16(9-11)12-6-4-5-7-13-12/h4-10,15H,3H2,1-2H3/t10-/m1/s1. The van der Waals surface area contributed by atoms with Gasteiger partial charge in [-0.05, 0) is 25.5 Å². The molecule has 102 valence electrons. The lowest BCUT2D eigenvalue weighted by Gasteiger charge is -2.10. The largest absolute Gasteiger partial charge is 0.243 e.